The summed E-state index contributed by atoms with van der Waals surface area (Å²) in [4.78, 5) is 0. The number of hydrogen-bond donors (Lipinski definition) is 1. The lowest BCUT2D eigenvalue weighted by Gasteiger charge is -2.29. The third-order valence-corrected chi connectivity index (χ3v) is 5.59. The van der Waals surface area contributed by atoms with Gasteiger partial charge in [-0.1, -0.05) is 13.8 Å². The van der Waals surface area contributed by atoms with Gasteiger partial charge in [-0.2, -0.15) is 5.10 Å². The molecule has 0 amide bonds. The monoisotopic (exact) mass is 341 g/mol. The molecule has 1 N–H and O–H groups in total. The molecule has 0 radical (unpaired) electrons. The van der Waals surface area contributed by atoms with E-state index in [0.717, 1.165) is 39.0 Å². The van der Waals surface area contributed by atoms with Gasteiger partial charge in [0.25, 0.3) is 0 Å². The number of halogens is 1. The first-order valence-corrected chi connectivity index (χ1v) is 8.65. The Morgan fingerprint density at radius 1 is 1.40 bits per heavy atom. The lowest BCUT2D eigenvalue weighted by atomic mass is 9.95. The van der Waals surface area contributed by atoms with Crippen molar-refractivity contribution in [3.8, 4) is 0 Å². The van der Waals surface area contributed by atoms with Crippen LogP contribution in [-0.4, -0.2) is 29.5 Å². The van der Waals surface area contributed by atoms with Crippen LogP contribution < -0.4 is 5.32 Å². The zero-order valence-electron chi connectivity index (χ0n) is 12.4. The van der Waals surface area contributed by atoms with Gasteiger partial charge >= 0.3 is 0 Å². The maximum absolute atomic E-state index is 5.58. The van der Waals surface area contributed by atoms with Gasteiger partial charge in [0.2, 0.25) is 0 Å². The predicted molar refractivity (Wildman–Crippen MR) is 84.3 cm³/mol. The van der Waals surface area contributed by atoms with E-state index in [0.29, 0.717) is 17.9 Å². The van der Waals surface area contributed by atoms with Gasteiger partial charge < -0.3 is 10.1 Å². The van der Waals surface area contributed by atoms with E-state index < -0.39 is 0 Å². The highest BCUT2D eigenvalue weighted by molar-refractivity contribution is 9.10. The van der Waals surface area contributed by atoms with E-state index in [9.17, 15) is 0 Å². The molecule has 2 atom stereocenters. The summed E-state index contributed by atoms with van der Waals surface area (Å²) in [6.45, 7) is 7.32. The zero-order valence-corrected chi connectivity index (χ0v) is 13.9. The third kappa shape index (κ3) is 2.39. The minimum Gasteiger partial charge on any atom is -0.381 e. The molecular weight excluding hydrogens is 318 g/mol. The molecule has 1 saturated heterocycles. The molecule has 3 rings (SSSR count). The van der Waals surface area contributed by atoms with Crippen molar-refractivity contribution in [3.05, 3.63) is 10.2 Å². The Balaban J connectivity index is 1.94. The molecule has 2 aliphatic heterocycles. The van der Waals surface area contributed by atoms with Crippen LogP contribution in [0.25, 0.3) is 0 Å². The summed E-state index contributed by atoms with van der Waals surface area (Å²) >= 11 is 3.78. The Morgan fingerprint density at radius 2 is 2.20 bits per heavy atom. The van der Waals surface area contributed by atoms with Crippen LogP contribution in [0.1, 0.15) is 57.2 Å². The maximum atomic E-state index is 5.58. The molecule has 1 aromatic heterocycles. The summed E-state index contributed by atoms with van der Waals surface area (Å²) in [6, 6.07) is 0.494. The first-order chi connectivity index (χ1) is 9.76. The molecule has 0 bridgehead atoms. The van der Waals surface area contributed by atoms with E-state index in [-0.39, 0.29) is 0 Å². The lowest BCUT2D eigenvalue weighted by Crippen LogP contribution is -2.29. The lowest BCUT2D eigenvalue weighted by molar-refractivity contribution is 0.167. The number of anilines is 1. The van der Waals surface area contributed by atoms with Crippen molar-refractivity contribution in [1.29, 1.82) is 0 Å². The Morgan fingerprint density at radius 3 is 2.85 bits per heavy atom. The number of fused-ring (bicyclic) bond motifs is 1. The molecule has 1 aromatic rings. The Bertz CT molecular complexity index is 464. The van der Waals surface area contributed by atoms with Crippen molar-refractivity contribution < 1.29 is 4.74 Å². The van der Waals surface area contributed by atoms with E-state index in [4.69, 9.17) is 9.84 Å². The van der Waals surface area contributed by atoms with Crippen LogP contribution in [0.3, 0.4) is 0 Å². The van der Waals surface area contributed by atoms with Gasteiger partial charge in [0.1, 0.15) is 5.82 Å². The first-order valence-electron chi connectivity index (χ1n) is 7.85. The van der Waals surface area contributed by atoms with Crippen LogP contribution in [0.5, 0.6) is 0 Å². The molecule has 4 nitrogen and oxygen atoms in total. The van der Waals surface area contributed by atoms with Crippen molar-refractivity contribution >= 4 is 21.7 Å². The average molecular weight is 342 g/mol. The molecule has 2 aliphatic rings. The molecule has 5 heteroatoms. The fourth-order valence-electron chi connectivity index (χ4n) is 3.52. The highest BCUT2D eigenvalue weighted by atomic mass is 79.9. The van der Waals surface area contributed by atoms with E-state index in [1.165, 1.54) is 22.4 Å². The highest BCUT2D eigenvalue weighted by Crippen LogP contribution is 2.41. The van der Waals surface area contributed by atoms with Crippen LogP contribution in [0, 0.1) is 5.92 Å². The summed E-state index contributed by atoms with van der Waals surface area (Å²) in [5.41, 5.74) is 1.23. The fraction of sp³-hybridized carbons (Fsp3) is 0.800. The average Bonchev–Trinajstić information content (AvgIpc) is 3.10. The zero-order chi connectivity index (χ0) is 14.1. The van der Waals surface area contributed by atoms with E-state index >= 15 is 0 Å². The minimum absolute atomic E-state index is 0.494. The Labute approximate surface area is 129 Å². The molecule has 1 fully saturated rings. The van der Waals surface area contributed by atoms with Crippen molar-refractivity contribution in [2.24, 2.45) is 5.92 Å². The van der Waals surface area contributed by atoms with Gasteiger partial charge in [-0.25, -0.2) is 4.68 Å². The summed E-state index contributed by atoms with van der Waals surface area (Å²) in [5, 5.41) is 8.49. The molecule has 0 aliphatic carbocycles. The summed E-state index contributed by atoms with van der Waals surface area (Å²) in [6.07, 6.45) is 4.60. The number of hydrogen-bond acceptors (Lipinski definition) is 3. The standard InChI is InChI=1S/C15H24BrN3O/c1-3-10(4-2)14-13(16)15-17-7-5-12(19(15)18-14)11-6-8-20-9-11/h10-12,17H,3-9H2,1-2H3. The van der Waals surface area contributed by atoms with Crippen molar-refractivity contribution in [2.45, 2.75) is 51.5 Å². The summed E-state index contributed by atoms with van der Waals surface area (Å²) in [7, 11) is 0. The number of rotatable bonds is 4. The van der Waals surface area contributed by atoms with Gasteiger partial charge in [-0.3, -0.25) is 0 Å². The van der Waals surface area contributed by atoms with Gasteiger partial charge in [0.15, 0.2) is 0 Å². The molecule has 20 heavy (non-hydrogen) atoms. The van der Waals surface area contributed by atoms with E-state index in [2.05, 4.69) is 39.8 Å². The topological polar surface area (TPSA) is 39.1 Å². The van der Waals surface area contributed by atoms with Crippen LogP contribution >= 0.6 is 15.9 Å². The van der Waals surface area contributed by atoms with E-state index in [1.54, 1.807) is 0 Å². The van der Waals surface area contributed by atoms with Gasteiger partial charge in [-0.05, 0) is 41.6 Å². The van der Waals surface area contributed by atoms with Crippen LogP contribution in [0.2, 0.25) is 0 Å². The molecule has 0 saturated carbocycles. The number of nitrogens with one attached hydrogen (secondary N) is 1. The van der Waals surface area contributed by atoms with Crippen molar-refractivity contribution in [3.63, 3.8) is 0 Å². The first kappa shape index (κ1) is 14.4. The number of nitrogens with zero attached hydrogens (tertiary/aromatic N) is 2. The van der Waals surface area contributed by atoms with Crippen LogP contribution in [0.4, 0.5) is 5.82 Å². The van der Waals surface area contributed by atoms with Gasteiger partial charge in [0, 0.05) is 25.0 Å². The van der Waals surface area contributed by atoms with Gasteiger partial charge in [0.05, 0.1) is 22.8 Å². The molecule has 112 valence electrons. The molecular formula is C15H24BrN3O. The Hall–Kier alpha value is -0.550. The fourth-order valence-corrected chi connectivity index (χ4v) is 4.24. The molecule has 0 spiro atoms. The minimum atomic E-state index is 0.494. The van der Waals surface area contributed by atoms with E-state index in [1.807, 2.05) is 0 Å². The Kier molecular flexibility index (Phi) is 4.36. The maximum Gasteiger partial charge on any atom is 0.139 e. The largest absolute Gasteiger partial charge is 0.381 e. The number of aromatic nitrogens is 2. The second-order valence-electron chi connectivity index (χ2n) is 5.91. The van der Waals surface area contributed by atoms with Gasteiger partial charge in [-0.15, -0.1) is 0 Å². The van der Waals surface area contributed by atoms with Crippen LogP contribution in [0.15, 0.2) is 4.47 Å². The summed E-state index contributed by atoms with van der Waals surface area (Å²) in [5.74, 6) is 2.34. The second kappa shape index (κ2) is 6.06. The number of ether oxygens (including phenoxy) is 1. The normalized spacial score (nSPS) is 25.8. The highest BCUT2D eigenvalue weighted by Gasteiger charge is 2.34. The SMILES string of the molecule is CCC(CC)c1nn2c(c1Br)NCCC2C1CCOC1. The molecule has 2 unspecified atom stereocenters. The predicted octanol–water partition coefficient (Wildman–Crippen LogP) is 3.94. The molecule has 3 heterocycles. The van der Waals surface area contributed by atoms with Crippen LogP contribution in [-0.2, 0) is 4.74 Å². The molecule has 0 aromatic carbocycles. The second-order valence-corrected chi connectivity index (χ2v) is 6.71. The van der Waals surface area contributed by atoms with Crippen molar-refractivity contribution in [2.75, 3.05) is 25.1 Å². The van der Waals surface area contributed by atoms with Crippen molar-refractivity contribution in [1.82, 2.24) is 9.78 Å². The third-order valence-electron chi connectivity index (χ3n) is 4.81. The smallest absolute Gasteiger partial charge is 0.139 e. The summed E-state index contributed by atoms with van der Waals surface area (Å²) < 4.78 is 8.99. The quantitative estimate of drug-likeness (QED) is 0.901.